The Hall–Kier alpha value is -2.38. The van der Waals surface area contributed by atoms with Crippen LogP contribution in [0.1, 0.15) is 29.8 Å². The predicted octanol–water partition coefficient (Wildman–Crippen LogP) is 2.67. The van der Waals surface area contributed by atoms with E-state index in [1.165, 1.54) is 11.4 Å². The molecular formula is C20H26N2O4S. The number of nitrogens with zero attached hydrogens (tertiary/aromatic N) is 1. The second kappa shape index (κ2) is 9.53. The highest BCUT2D eigenvalue weighted by Crippen LogP contribution is 2.14. The molecule has 27 heavy (non-hydrogen) atoms. The summed E-state index contributed by atoms with van der Waals surface area (Å²) in [7, 11) is -1.99. The van der Waals surface area contributed by atoms with Crippen LogP contribution in [0.4, 0.5) is 0 Å². The fraction of sp³-hybridized carbons (Fsp3) is 0.350. The number of ether oxygens (including phenoxy) is 1. The predicted molar refractivity (Wildman–Crippen MR) is 106 cm³/mol. The Balaban J connectivity index is 1.98. The number of sulfonamides is 1. The number of benzene rings is 2. The minimum atomic E-state index is -3.52. The van der Waals surface area contributed by atoms with Crippen LogP contribution in [-0.4, -0.2) is 44.1 Å². The number of carbonyl (C=O) groups excluding carboxylic acids is 1. The molecule has 0 bridgehead atoms. The largest absolute Gasteiger partial charge is 0.497 e. The van der Waals surface area contributed by atoms with Gasteiger partial charge in [-0.1, -0.05) is 36.4 Å². The van der Waals surface area contributed by atoms with Gasteiger partial charge in [-0.2, -0.15) is 4.31 Å². The van der Waals surface area contributed by atoms with Crippen molar-refractivity contribution in [1.82, 2.24) is 9.62 Å². The number of hydrogen-bond donors (Lipinski definition) is 1. The van der Waals surface area contributed by atoms with Crippen LogP contribution in [0.5, 0.6) is 5.75 Å². The quantitative estimate of drug-likeness (QED) is 0.714. The van der Waals surface area contributed by atoms with Crippen LogP contribution >= 0.6 is 0 Å². The smallest absolute Gasteiger partial charge is 0.251 e. The van der Waals surface area contributed by atoms with E-state index in [9.17, 15) is 13.2 Å². The average Bonchev–Trinajstić information content (AvgIpc) is 2.66. The van der Waals surface area contributed by atoms with E-state index in [0.29, 0.717) is 17.9 Å². The summed E-state index contributed by atoms with van der Waals surface area (Å²) < 4.78 is 32.1. The lowest BCUT2D eigenvalue weighted by Gasteiger charge is -2.26. The molecule has 146 valence electrons. The molecule has 1 amide bonds. The molecular weight excluding hydrogens is 364 g/mol. The zero-order valence-corrected chi connectivity index (χ0v) is 16.7. The van der Waals surface area contributed by atoms with Crippen LogP contribution in [0.25, 0.3) is 0 Å². The minimum absolute atomic E-state index is 0.0381. The fourth-order valence-electron chi connectivity index (χ4n) is 2.64. The summed E-state index contributed by atoms with van der Waals surface area (Å²) in [6.07, 6.45) is 0. The molecule has 2 rings (SSSR count). The Morgan fingerprint density at radius 1 is 1.11 bits per heavy atom. The molecule has 0 saturated heterocycles. The molecule has 0 aliphatic heterocycles. The van der Waals surface area contributed by atoms with Gasteiger partial charge in [-0.3, -0.25) is 4.79 Å². The number of amides is 1. The first-order valence-corrected chi connectivity index (χ1v) is 10.4. The maximum absolute atomic E-state index is 12.7. The Labute approximate surface area is 161 Å². The SMILES string of the molecule is COc1cccc(C(=O)NCCS(=O)(=O)N(Cc2ccccc2)C(C)C)c1. The van der Waals surface area contributed by atoms with E-state index in [0.717, 1.165) is 5.56 Å². The van der Waals surface area contributed by atoms with Crippen molar-refractivity contribution in [3.05, 3.63) is 65.7 Å². The monoisotopic (exact) mass is 390 g/mol. The van der Waals surface area contributed by atoms with E-state index < -0.39 is 10.0 Å². The molecule has 0 saturated carbocycles. The lowest BCUT2D eigenvalue weighted by atomic mass is 10.2. The molecule has 0 heterocycles. The summed E-state index contributed by atoms with van der Waals surface area (Å²) in [6, 6.07) is 16.0. The third-order valence-electron chi connectivity index (χ3n) is 4.09. The number of nitrogens with one attached hydrogen (secondary N) is 1. The molecule has 2 aromatic rings. The molecule has 0 spiro atoms. The van der Waals surface area contributed by atoms with Gasteiger partial charge >= 0.3 is 0 Å². The van der Waals surface area contributed by atoms with Crippen molar-refractivity contribution in [2.75, 3.05) is 19.4 Å². The van der Waals surface area contributed by atoms with E-state index in [-0.39, 0.29) is 24.2 Å². The van der Waals surface area contributed by atoms with Crippen molar-refractivity contribution in [1.29, 1.82) is 0 Å². The van der Waals surface area contributed by atoms with Gasteiger partial charge in [-0.25, -0.2) is 8.42 Å². The summed E-state index contributed by atoms with van der Waals surface area (Å²) in [6.45, 7) is 4.03. The third-order valence-corrected chi connectivity index (χ3v) is 6.08. The Morgan fingerprint density at radius 3 is 2.44 bits per heavy atom. The normalized spacial score (nSPS) is 11.6. The maximum Gasteiger partial charge on any atom is 0.251 e. The van der Waals surface area contributed by atoms with Crippen LogP contribution in [0.3, 0.4) is 0 Å². The molecule has 7 heteroatoms. The summed E-state index contributed by atoms with van der Waals surface area (Å²) in [4.78, 5) is 12.2. The topological polar surface area (TPSA) is 75.7 Å². The third kappa shape index (κ3) is 6.08. The Bertz CT molecular complexity index is 851. The van der Waals surface area contributed by atoms with Gasteiger partial charge < -0.3 is 10.1 Å². The van der Waals surface area contributed by atoms with Crippen molar-refractivity contribution >= 4 is 15.9 Å². The van der Waals surface area contributed by atoms with Gasteiger partial charge in [0.05, 0.1) is 12.9 Å². The van der Waals surface area contributed by atoms with Crippen molar-refractivity contribution in [3.63, 3.8) is 0 Å². The lowest BCUT2D eigenvalue weighted by Crippen LogP contribution is -2.41. The first-order valence-electron chi connectivity index (χ1n) is 8.79. The molecule has 0 atom stereocenters. The molecule has 0 fully saturated rings. The van der Waals surface area contributed by atoms with E-state index in [4.69, 9.17) is 4.74 Å². The molecule has 2 aromatic carbocycles. The molecule has 6 nitrogen and oxygen atoms in total. The highest BCUT2D eigenvalue weighted by molar-refractivity contribution is 7.89. The van der Waals surface area contributed by atoms with Gasteiger partial charge in [0.25, 0.3) is 5.91 Å². The molecule has 0 radical (unpaired) electrons. The second-order valence-electron chi connectivity index (χ2n) is 6.43. The van der Waals surface area contributed by atoms with E-state index >= 15 is 0 Å². The lowest BCUT2D eigenvalue weighted by molar-refractivity contribution is 0.0955. The van der Waals surface area contributed by atoms with Gasteiger partial charge in [0.1, 0.15) is 5.75 Å². The van der Waals surface area contributed by atoms with Crippen LogP contribution < -0.4 is 10.1 Å². The number of methoxy groups -OCH3 is 1. The van der Waals surface area contributed by atoms with Gasteiger partial charge in [0.15, 0.2) is 0 Å². The van der Waals surface area contributed by atoms with Crippen molar-refractivity contribution in [2.45, 2.75) is 26.4 Å². The van der Waals surface area contributed by atoms with Crippen LogP contribution in [0.15, 0.2) is 54.6 Å². The maximum atomic E-state index is 12.7. The van der Waals surface area contributed by atoms with Gasteiger partial charge in [-0.15, -0.1) is 0 Å². The fourth-order valence-corrected chi connectivity index (χ4v) is 4.23. The number of hydrogen-bond acceptors (Lipinski definition) is 4. The average molecular weight is 391 g/mol. The van der Waals surface area contributed by atoms with Crippen LogP contribution in [0.2, 0.25) is 0 Å². The van der Waals surface area contributed by atoms with E-state index in [2.05, 4.69) is 5.32 Å². The number of rotatable bonds is 9. The van der Waals surface area contributed by atoms with Gasteiger partial charge in [0, 0.05) is 24.7 Å². The second-order valence-corrected chi connectivity index (χ2v) is 8.47. The van der Waals surface area contributed by atoms with Crippen LogP contribution in [0, 0.1) is 0 Å². The number of carbonyl (C=O) groups is 1. The molecule has 0 aromatic heterocycles. The summed E-state index contributed by atoms with van der Waals surface area (Å²) in [5, 5.41) is 2.66. The summed E-state index contributed by atoms with van der Waals surface area (Å²) >= 11 is 0. The Kier molecular flexibility index (Phi) is 7.38. The zero-order chi connectivity index (χ0) is 19.9. The zero-order valence-electron chi connectivity index (χ0n) is 15.9. The standard InChI is InChI=1S/C20H26N2O4S/c1-16(2)22(15-17-8-5-4-6-9-17)27(24,25)13-12-21-20(23)18-10-7-11-19(14-18)26-3/h4-11,14,16H,12-13,15H2,1-3H3,(H,21,23). The molecule has 0 aliphatic carbocycles. The van der Waals surface area contributed by atoms with E-state index in [1.807, 2.05) is 44.2 Å². The highest BCUT2D eigenvalue weighted by Gasteiger charge is 2.25. The minimum Gasteiger partial charge on any atom is -0.497 e. The summed E-state index contributed by atoms with van der Waals surface area (Å²) in [5.41, 5.74) is 1.35. The highest BCUT2D eigenvalue weighted by atomic mass is 32.2. The first-order chi connectivity index (χ1) is 12.8. The van der Waals surface area contributed by atoms with Crippen molar-refractivity contribution < 1.29 is 17.9 Å². The Morgan fingerprint density at radius 2 is 1.81 bits per heavy atom. The van der Waals surface area contributed by atoms with Crippen LogP contribution in [-0.2, 0) is 16.6 Å². The van der Waals surface area contributed by atoms with Crippen molar-refractivity contribution in [2.24, 2.45) is 0 Å². The van der Waals surface area contributed by atoms with E-state index in [1.54, 1.807) is 24.3 Å². The first kappa shape index (κ1) is 20.9. The summed E-state index contributed by atoms with van der Waals surface area (Å²) in [5.74, 6) is 0.0839. The molecule has 0 aliphatic rings. The van der Waals surface area contributed by atoms with Gasteiger partial charge in [0.2, 0.25) is 10.0 Å². The molecule has 1 N–H and O–H groups in total. The van der Waals surface area contributed by atoms with Crippen molar-refractivity contribution in [3.8, 4) is 5.75 Å². The van der Waals surface area contributed by atoms with Gasteiger partial charge in [-0.05, 0) is 37.6 Å². The molecule has 0 unspecified atom stereocenters.